The maximum atomic E-state index is 14.4. The van der Waals surface area contributed by atoms with Gasteiger partial charge in [0.1, 0.15) is 6.04 Å². The number of carbonyl (C=O) groups is 1. The van der Waals surface area contributed by atoms with Gasteiger partial charge in [-0.1, -0.05) is 11.3 Å². The van der Waals surface area contributed by atoms with Crippen molar-refractivity contribution in [1.82, 2.24) is 29.9 Å². The molecule has 0 saturated carbocycles. The minimum atomic E-state index is -0.662. The molecule has 160 valence electrons. The average molecular weight is 423 g/mol. The molecule has 2 aliphatic rings. The topological polar surface area (TPSA) is 97.9 Å². The van der Waals surface area contributed by atoms with E-state index in [-0.39, 0.29) is 34.9 Å². The molecule has 1 saturated heterocycles. The van der Waals surface area contributed by atoms with Gasteiger partial charge in [0.2, 0.25) is 5.91 Å². The number of aromatic nitrogens is 5. The van der Waals surface area contributed by atoms with Gasteiger partial charge in [-0.2, -0.15) is 0 Å². The molecule has 0 radical (unpaired) electrons. The first kappa shape index (κ1) is 19.4. The Labute approximate surface area is 177 Å². The lowest BCUT2D eigenvalue weighted by Gasteiger charge is -2.46. The van der Waals surface area contributed by atoms with E-state index in [9.17, 15) is 14.0 Å². The number of pyridine rings is 2. The number of hydrogen-bond acceptors (Lipinski definition) is 6. The summed E-state index contributed by atoms with van der Waals surface area (Å²) in [5, 5.41) is 10.6. The van der Waals surface area contributed by atoms with E-state index in [1.165, 1.54) is 12.1 Å². The lowest BCUT2D eigenvalue weighted by Crippen LogP contribution is -2.54. The molecule has 3 atom stereocenters. The summed E-state index contributed by atoms with van der Waals surface area (Å²) in [6.45, 7) is 1.85. The highest BCUT2D eigenvalue weighted by Gasteiger charge is 2.44. The van der Waals surface area contributed by atoms with Gasteiger partial charge in [0.15, 0.2) is 11.6 Å². The van der Waals surface area contributed by atoms with Crippen LogP contribution >= 0.6 is 0 Å². The van der Waals surface area contributed by atoms with Crippen LogP contribution in [0.5, 0.6) is 0 Å². The summed E-state index contributed by atoms with van der Waals surface area (Å²) in [6.07, 6.45) is 5.62. The molecular weight excluding hydrogens is 401 g/mol. The zero-order valence-electron chi connectivity index (χ0n) is 16.8. The number of fused-ring (bicyclic) bond motifs is 4. The second-order valence-corrected chi connectivity index (χ2v) is 7.97. The highest BCUT2D eigenvalue weighted by Crippen LogP contribution is 2.42. The second-order valence-electron chi connectivity index (χ2n) is 7.97. The highest BCUT2D eigenvalue weighted by atomic mass is 19.1. The van der Waals surface area contributed by atoms with Gasteiger partial charge in [-0.25, -0.2) is 9.37 Å². The van der Waals surface area contributed by atoms with Gasteiger partial charge in [-0.3, -0.25) is 18.8 Å². The Bertz CT molecular complexity index is 1150. The number of nitrogens with zero attached hydrogens (tertiary/aromatic N) is 6. The van der Waals surface area contributed by atoms with Crippen molar-refractivity contribution in [3.8, 4) is 0 Å². The third-order valence-electron chi connectivity index (χ3n) is 6.07. The summed E-state index contributed by atoms with van der Waals surface area (Å²) in [5.41, 5.74) is 0.613. The van der Waals surface area contributed by atoms with Gasteiger partial charge in [0.25, 0.3) is 5.56 Å². The molecule has 1 fully saturated rings. The monoisotopic (exact) mass is 423 g/mol. The molecule has 9 nitrogen and oxygen atoms in total. The molecule has 1 N–H and O–H groups in total. The average Bonchev–Trinajstić information content (AvgIpc) is 3.28. The number of piperidine rings is 1. The minimum Gasteiger partial charge on any atom is -0.353 e. The summed E-state index contributed by atoms with van der Waals surface area (Å²) in [7, 11) is 0. The van der Waals surface area contributed by atoms with E-state index in [0.29, 0.717) is 26.2 Å². The van der Waals surface area contributed by atoms with Gasteiger partial charge in [-0.05, 0) is 24.6 Å². The zero-order chi connectivity index (χ0) is 21.4. The fourth-order valence-electron chi connectivity index (χ4n) is 4.80. The third kappa shape index (κ3) is 3.58. The van der Waals surface area contributed by atoms with E-state index >= 15 is 0 Å². The molecule has 3 aromatic heterocycles. The van der Waals surface area contributed by atoms with Crippen LogP contribution in [0.15, 0.2) is 53.7 Å². The summed E-state index contributed by atoms with van der Waals surface area (Å²) < 4.78 is 17.7. The first-order chi connectivity index (χ1) is 15.1. The van der Waals surface area contributed by atoms with Crippen LogP contribution in [0.1, 0.15) is 24.1 Å². The maximum Gasteiger partial charge on any atom is 0.251 e. The number of anilines is 1. The molecule has 10 heteroatoms. The molecule has 0 aliphatic carbocycles. The van der Waals surface area contributed by atoms with Crippen LogP contribution < -0.4 is 15.8 Å². The molecule has 0 spiro atoms. The maximum absolute atomic E-state index is 14.4. The van der Waals surface area contributed by atoms with Crippen molar-refractivity contribution >= 4 is 11.7 Å². The van der Waals surface area contributed by atoms with E-state index < -0.39 is 6.04 Å². The third-order valence-corrected chi connectivity index (χ3v) is 6.07. The Kier molecular flexibility index (Phi) is 4.97. The van der Waals surface area contributed by atoms with Gasteiger partial charge in [0.05, 0.1) is 12.7 Å². The van der Waals surface area contributed by atoms with E-state index in [2.05, 4.69) is 20.6 Å². The van der Waals surface area contributed by atoms with Crippen LogP contribution in [0.4, 0.5) is 10.2 Å². The van der Waals surface area contributed by atoms with Crippen LogP contribution in [0.3, 0.4) is 0 Å². The summed E-state index contributed by atoms with van der Waals surface area (Å²) in [6, 6.07) is 7.37. The minimum absolute atomic E-state index is 0.0215. The van der Waals surface area contributed by atoms with Crippen LogP contribution in [-0.4, -0.2) is 50.1 Å². The van der Waals surface area contributed by atoms with Gasteiger partial charge in [0, 0.05) is 55.6 Å². The van der Waals surface area contributed by atoms with Crippen LogP contribution in [-0.2, 0) is 11.3 Å². The van der Waals surface area contributed by atoms with Crippen molar-refractivity contribution in [2.45, 2.75) is 24.9 Å². The molecule has 0 aromatic carbocycles. The summed E-state index contributed by atoms with van der Waals surface area (Å²) in [4.78, 5) is 32.1. The standard InChI is InChI=1S/C21H22FN7O2/c22-16-3-2-6-23-20(16)27-12-14-11-15(13-27)19(29-17(14)4-1-5-18(29)30)21(31)24-7-9-28-10-8-25-26-28/h1-6,8,10,14-15,19H,7,9,11-13H2,(H,24,31)/t14-,15+,19-/m1/s1. The van der Waals surface area contributed by atoms with Gasteiger partial charge in [-0.15, -0.1) is 5.10 Å². The lowest BCUT2D eigenvalue weighted by molar-refractivity contribution is -0.126. The smallest absolute Gasteiger partial charge is 0.251 e. The van der Waals surface area contributed by atoms with Gasteiger partial charge < -0.3 is 10.2 Å². The lowest BCUT2D eigenvalue weighted by atomic mass is 9.78. The van der Waals surface area contributed by atoms with E-state index in [1.807, 2.05) is 11.0 Å². The Balaban J connectivity index is 1.44. The van der Waals surface area contributed by atoms with Crippen molar-refractivity contribution in [3.63, 3.8) is 0 Å². The normalized spacial score (nSPS) is 22.1. The van der Waals surface area contributed by atoms with Crippen LogP contribution in [0.25, 0.3) is 0 Å². The van der Waals surface area contributed by atoms with Gasteiger partial charge >= 0.3 is 0 Å². The van der Waals surface area contributed by atoms with Crippen molar-refractivity contribution < 1.29 is 9.18 Å². The number of amides is 1. The Morgan fingerprint density at radius 2 is 2.10 bits per heavy atom. The fraction of sp³-hybridized carbons (Fsp3) is 0.381. The van der Waals surface area contributed by atoms with Crippen molar-refractivity contribution in [3.05, 3.63) is 70.8 Å². The molecule has 0 unspecified atom stereocenters. The van der Waals surface area contributed by atoms with Crippen LogP contribution in [0.2, 0.25) is 0 Å². The molecule has 3 aromatic rings. The molecule has 2 aliphatic heterocycles. The number of halogens is 1. The Morgan fingerprint density at radius 3 is 2.90 bits per heavy atom. The largest absolute Gasteiger partial charge is 0.353 e. The van der Waals surface area contributed by atoms with Crippen molar-refractivity contribution in [2.24, 2.45) is 5.92 Å². The van der Waals surface area contributed by atoms with Crippen molar-refractivity contribution in [1.29, 1.82) is 0 Å². The molecule has 31 heavy (non-hydrogen) atoms. The molecular formula is C21H22FN7O2. The number of hydrogen-bond donors (Lipinski definition) is 1. The number of nitrogens with one attached hydrogen (secondary N) is 1. The molecule has 5 rings (SSSR count). The Morgan fingerprint density at radius 1 is 1.19 bits per heavy atom. The van der Waals surface area contributed by atoms with Crippen molar-refractivity contribution in [2.75, 3.05) is 24.5 Å². The fourth-order valence-corrected chi connectivity index (χ4v) is 4.80. The summed E-state index contributed by atoms with van der Waals surface area (Å²) >= 11 is 0. The highest BCUT2D eigenvalue weighted by molar-refractivity contribution is 5.81. The summed E-state index contributed by atoms with van der Waals surface area (Å²) in [5.74, 6) is -0.440. The Hall–Kier alpha value is -3.56. The van der Waals surface area contributed by atoms with Crippen LogP contribution in [0, 0.1) is 11.7 Å². The van der Waals surface area contributed by atoms with E-state index in [1.54, 1.807) is 40.0 Å². The first-order valence-electron chi connectivity index (χ1n) is 10.3. The number of rotatable bonds is 5. The first-order valence-corrected chi connectivity index (χ1v) is 10.3. The number of carbonyl (C=O) groups excluding carboxylic acids is 1. The quantitative estimate of drug-likeness (QED) is 0.656. The predicted octanol–water partition coefficient (Wildman–Crippen LogP) is 0.955. The van der Waals surface area contributed by atoms with E-state index in [0.717, 1.165) is 12.1 Å². The molecule has 5 heterocycles. The molecule has 1 amide bonds. The van der Waals surface area contributed by atoms with E-state index in [4.69, 9.17) is 0 Å². The zero-order valence-corrected chi connectivity index (χ0v) is 16.8. The predicted molar refractivity (Wildman–Crippen MR) is 110 cm³/mol. The second kappa shape index (κ2) is 7.93. The molecule has 2 bridgehead atoms. The SMILES string of the molecule is O=C(NCCn1ccnn1)[C@H]1[C@H]2C[C@H](CN(c3ncccc3F)C2)c2cccc(=O)n21.